The molecule has 19 heavy (non-hydrogen) atoms. The summed E-state index contributed by atoms with van der Waals surface area (Å²) in [6.45, 7) is 2.42. The third kappa shape index (κ3) is 4.59. The molecule has 1 amide bonds. The second-order valence-electron chi connectivity index (χ2n) is 4.39. The van der Waals surface area contributed by atoms with Crippen LogP contribution in [0.1, 0.15) is 31.1 Å². The van der Waals surface area contributed by atoms with Crippen molar-refractivity contribution in [2.24, 2.45) is 0 Å². The van der Waals surface area contributed by atoms with Crippen molar-refractivity contribution < 1.29 is 13.2 Å². The first-order valence-corrected chi connectivity index (χ1v) is 8.41. The van der Waals surface area contributed by atoms with Crippen molar-refractivity contribution in [1.82, 2.24) is 9.62 Å². The molecule has 0 saturated heterocycles. The van der Waals surface area contributed by atoms with E-state index in [9.17, 15) is 13.2 Å². The summed E-state index contributed by atoms with van der Waals surface area (Å²) in [5.41, 5.74) is 0. The van der Waals surface area contributed by atoms with Crippen molar-refractivity contribution in [2.45, 2.75) is 36.9 Å². The van der Waals surface area contributed by atoms with Gasteiger partial charge >= 0.3 is 0 Å². The Hall–Kier alpha value is -0.920. The number of sulfonamides is 1. The van der Waals surface area contributed by atoms with Crippen LogP contribution in [0.5, 0.6) is 0 Å². The molecule has 1 heterocycles. The van der Waals surface area contributed by atoms with E-state index >= 15 is 0 Å². The monoisotopic (exact) mass is 304 g/mol. The molecule has 0 unspecified atom stereocenters. The highest BCUT2D eigenvalue weighted by Crippen LogP contribution is 2.23. The van der Waals surface area contributed by atoms with E-state index in [4.69, 9.17) is 0 Å². The van der Waals surface area contributed by atoms with Gasteiger partial charge in [-0.15, -0.1) is 11.3 Å². The van der Waals surface area contributed by atoms with E-state index in [0.717, 1.165) is 17.7 Å². The lowest BCUT2D eigenvalue weighted by molar-refractivity contribution is -0.121. The molecule has 1 rings (SSSR count). The lowest BCUT2D eigenvalue weighted by atomic mass is 10.2. The highest BCUT2D eigenvalue weighted by Gasteiger charge is 2.19. The Bertz CT molecular complexity index is 521. The van der Waals surface area contributed by atoms with Crippen LogP contribution in [-0.2, 0) is 21.4 Å². The van der Waals surface area contributed by atoms with Gasteiger partial charge < -0.3 is 5.32 Å². The van der Waals surface area contributed by atoms with E-state index in [1.54, 1.807) is 12.1 Å². The fourth-order valence-corrected chi connectivity index (χ4v) is 3.85. The van der Waals surface area contributed by atoms with Crippen molar-refractivity contribution in [2.75, 3.05) is 14.1 Å². The van der Waals surface area contributed by atoms with E-state index in [-0.39, 0.29) is 5.91 Å². The van der Waals surface area contributed by atoms with Crippen LogP contribution in [0.25, 0.3) is 0 Å². The number of amides is 1. The van der Waals surface area contributed by atoms with Gasteiger partial charge in [0.15, 0.2) is 0 Å². The molecule has 1 N–H and O–H groups in total. The average molecular weight is 304 g/mol. The SMILES string of the molecule is CCCCC(=O)NCc1ccc(S(=O)(=O)N(C)C)s1. The molecule has 0 atom stereocenters. The molecular weight excluding hydrogens is 284 g/mol. The van der Waals surface area contributed by atoms with E-state index < -0.39 is 10.0 Å². The highest BCUT2D eigenvalue weighted by atomic mass is 32.2. The number of thiophene rings is 1. The van der Waals surface area contributed by atoms with Crippen LogP contribution in [-0.4, -0.2) is 32.7 Å². The molecule has 7 heteroatoms. The Morgan fingerprint density at radius 2 is 2.05 bits per heavy atom. The van der Waals surface area contributed by atoms with Gasteiger partial charge in [-0.1, -0.05) is 13.3 Å². The standard InChI is InChI=1S/C12H20N2O3S2/c1-4-5-6-11(15)13-9-10-7-8-12(18-10)19(16,17)14(2)3/h7-8H,4-6,9H2,1-3H3,(H,13,15). The van der Waals surface area contributed by atoms with Crippen molar-refractivity contribution in [3.63, 3.8) is 0 Å². The van der Waals surface area contributed by atoms with Crippen molar-refractivity contribution >= 4 is 27.3 Å². The Morgan fingerprint density at radius 3 is 2.63 bits per heavy atom. The minimum Gasteiger partial charge on any atom is -0.351 e. The molecule has 0 saturated carbocycles. The van der Waals surface area contributed by atoms with Crippen LogP contribution in [0.3, 0.4) is 0 Å². The predicted octanol–water partition coefficient (Wildman–Crippen LogP) is 1.80. The van der Waals surface area contributed by atoms with Gasteiger partial charge in [0, 0.05) is 25.4 Å². The van der Waals surface area contributed by atoms with E-state index in [2.05, 4.69) is 5.32 Å². The van der Waals surface area contributed by atoms with Crippen molar-refractivity contribution in [3.8, 4) is 0 Å². The van der Waals surface area contributed by atoms with E-state index in [0.29, 0.717) is 17.2 Å². The lowest BCUT2D eigenvalue weighted by Crippen LogP contribution is -2.22. The number of carbonyl (C=O) groups excluding carboxylic acids is 1. The van der Waals surface area contributed by atoms with Crippen LogP contribution in [0.15, 0.2) is 16.3 Å². The maximum Gasteiger partial charge on any atom is 0.252 e. The fraction of sp³-hybridized carbons (Fsp3) is 0.583. The molecule has 108 valence electrons. The topological polar surface area (TPSA) is 66.5 Å². The highest BCUT2D eigenvalue weighted by molar-refractivity contribution is 7.91. The van der Waals surface area contributed by atoms with Gasteiger partial charge in [0.1, 0.15) is 4.21 Å². The summed E-state index contributed by atoms with van der Waals surface area (Å²) in [7, 11) is -0.367. The van der Waals surface area contributed by atoms with Gasteiger partial charge in [0.25, 0.3) is 10.0 Å². The van der Waals surface area contributed by atoms with Gasteiger partial charge in [0.2, 0.25) is 5.91 Å². The normalized spacial score (nSPS) is 11.8. The largest absolute Gasteiger partial charge is 0.351 e. The number of hydrogen-bond donors (Lipinski definition) is 1. The smallest absolute Gasteiger partial charge is 0.252 e. The summed E-state index contributed by atoms with van der Waals surface area (Å²) in [6.07, 6.45) is 2.37. The molecule has 0 aliphatic carbocycles. The summed E-state index contributed by atoms with van der Waals surface area (Å²) in [5.74, 6) is 0.00673. The van der Waals surface area contributed by atoms with Crippen LogP contribution >= 0.6 is 11.3 Å². The summed E-state index contributed by atoms with van der Waals surface area (Å²) in [4.78, 5) is 12.3. The maximum atomic E-state index is 11.9. The van der Waals surface area contributed by atoms with Gasteiger partial charge in [-0.3, -0.25) is 4.79 Å². The molecule has 1 aromatic heterocycles. The molecule has 0 spiro atoms. The molecular formula is C12H20N2O3S2. The van der Waals surface area contributed by atoms with E-state index in [1.165, 1.54) is 29.7 Å². The molecule has 0 bridgehead atoms. The number of unbranched alkanes of at least 4 members (excludes halogenated alkanes) is 1. The molecule has 0 fully saturated rings. The van der Waals surface area contributed by atoms with Crippen LogP contribution in [0, 0.1) is 0 Å². The Labute approximate surface area is 118 Å². The summed E-state index contributed by atoms with van der Waals surface area (Å²) < 4.78 is 25.2. The molecule has 0 aliphatic rings. The number of carbonyl (C=O) groups is 1. The molecule has 0 aromatic carbocycles. The number of rotatable bonds is 7. The third-order valence-corrected chi connectivity index (χ3v) is 5.96. The zero-order valence-electron chi connectivity index (χ0n) is 11.5. The Balaban J connectivity index is 2.59. The molecule has 1 aromatic rings. The van der Waals surface area contributed by atoms with Crippen molar-refractivity contribution in [3.05, 3.63) is 17.0 Å². The van der Waals surface area contributed by atoms with Gasteiger partial charge in [-0.2, -0.15) is 0 Å². The summed E-state index contributed by atoms with van der Waals surface area (Å²) in [6, 6.07) is 3.31. The summed E-state index contributed by atoms with van der Waals surface area (Å²) in [5, 5.41) is 2.79. The molecule has 5 nitrogen and oxygen atoms in total. The zero-order chi connectivity index (χ0) is 14.5. The van der Waals surface area contributed by atoms with Crippen LogP contribution in [0.4, 0.5) is 0 Å². The van der Waals surface area contributed by atoms with E-state index in [1.807, 2.05) is 6.92 Å². The number of nitrogens with zero attached hydrogens (tertiary/aromatic N) is 1. The van der Waals surface area contributed by atoms with Crippen LogP contribution < -0.4 is 5.32 Å². The lowest BCUT2D eigenvalue weighted by Gasteiger charge is -2.08. The fourth-order valence-electron chi connectivity index (χ4n) is 1.38. The average Bonchev–Trinajstić information content (AvgIpc) is 2.83. The Kier molecular flexibility index (Phi) is 5.96. The quantitative estimate of drug-likeness (QED) is 0.835. The van der Waals surface area contributed by atoms with Gasteiger partial charge in [0.05, 0.1) is 6.54 Å². The van der Waals surface area contributed by atoms with Gasteiger partial charge in [-0.25, -0.2) is 12.7 Å². The number of nitrogens with one attached hydrogen (secondary N) is 1. The maximum absolute atomic E-state index is 11.9. The first-order chi connectivity index (χ1) is 8.87. The Morgan fingerprint density at radius 1 is 1.37 bits per heavy atom. The minimum absolute atomic E-state index is 0.00673. The minimum atomic E-state index is -3.37. The second-order valence-corrected chi connectivity index (χ2v) is 7.94. The first-order valence-electron chi connectivity index (χ1n) is 6.16. The third-order valence-electron chi connectivity index (χ3n) is 2.59. The van der Waals surface area contributed by atoms with Gasteiger partial charge in [-0.05, 0) is 18.6 Å². The van der Waals surface area contributed by atoms with Crippen LogP contribution in [0.2, 0.25) is 0 Å². The first kappa shape index (κ1) is 16.1. The molecule has 0 radical (unpaired) electrons. The second kappa shape index (κ2) is 7.02. The summed E-state index contributed by atoms with van der Waals surface area (Å²) >= 11 is 1.19. The molecule has 0 aliphatic heterocycles. The predicted molar refractivity (Wildman–Crippen MR) is 76.6 cm³/mol. The zero-order valence-corrected chi connectivity index (χ0v) is 13.1. The van der Waals surface area contributed by atoms with Crippen molar-refractivity contribution in [1.29, 1.82) is 0 Å². The number of hydrogen-bond acceptors (Lipinski definition) is 4.